The summed E-state index contributed by atoms with van der Waals surface area (Å²) >= 11 is 1.79. The maximum Gasteiger partial charge on any atom is 0.165 e. The standard InChI is InChI=1S/C66H41N3OS/c1-2-14-39(15-3-1)41-21-12-22-47(35-41)64-67-65(69-66(68-64)54-26-13-25-51-49-24-10-11-27-59(49)71-63(51)54)53-32-33-57-62(56-37-44-19-6-7-20-45(44)38-58(56)70-57)61(53)52-31-29-46-34-42-17-4-5-18-43(42)36-55(46)50-30-28-40-16-8-9-23-48(40)60(50)52/h1-28,30,32-38,52H,29,31H2. The van der Waals surface area contributed by atoms with Gasteiger partial charge in [0.2, 0.25) is 0 Å². The van der Waals surface area contributed by atoms with E-state index in [9.17, 15) is 0 Å². The minimum absolute atomic E-state index is 0.0753. The summed E-state index contributed by atoms with van der Waals surface area (Å²) in [5, 5.41) is 11.9. The molecule has 11 aromatic carbocycles. The second kappa shape index (κ2) is 15.9. The zero-order valence-electron chi connectivity index (χ0n) is 38.4. The fraction of sp³-hybridized carbons (Fsp3) is 0.0455. The average Bonchev–Trinajstić information content (AvgIpc) is 3.95. The van der Waals surface area contributed by atoms with Crippen LogP contribution in [0.3, 0.4) is 0 Å². The van der Waals surface area contributed by atoms with Gasteiger partial charge in [0.15, 0.2) is 17.5 Å². The number of nitrogens with zero attached hydrogens (tertiary/aromatic N) is 3. The number of rotatable bonds is 5. The van der Waals surface area contributed by atoms with E-state index in [0.29, 0.717) is 17.5 Å². The van der Waals surface area contributed by atoms with Crippen molar-refractivity contribution >= 4 is 85.8 Å². The van der Waals surface area contributed by atoms with Gasteiger partial charge in [-0.25, -0.2) is 15.0 Å². The van der Waals surface area contributed by atoms with E-state index in [0.717, 1.165) is 72.7 Å². The second-order valence-electron chi connectivity index (χ2n) is 18.9. The summed E-state index contributed by atoms with van der Waals surface area (Å²) in [6, 6.07) is 79.0. The Hall–Kier alpha value is -8.77. The average molecular weight is 924 g/mol. The highest BCUT2D eigenvalue weighted by Crippen LogP contribution is 2.51. The van der Waals surface area contributed by atoms with Crippen LogP contribution in [0.1, 0.15) is 29.0 Å². The number of benzene rings is 11. The van der Waals surface area contributed by atoms with Crippen molar-refractivity contribution < 1.29 is 4.42 Å². The molecule has 1 aliphatic carbocycles. The lowest BCUT2D eigenvalue weighted by Crippen LogP contribution is -2.08. The van der Waals surface area contributed by atoms with Crippen molar-refractivity contribution in [3.05, 3.63) is 235 Å². The molecule has 0 saturated heterocycles. The van der Waals surface area contributed by atoms with Crippen LogP contribution in [0.5, 0.6) is 0 Å². The van der Waals surface area contributed by atoms with Crippen LogP contribution in [0, 0.1) is 0 Å². The predicted octanol–water partition coefficient (Wildman–Crippen LogP) is 18.0. The Bertz CT molecular complexity index is 4490. The number of hydrogen-bond acceptors (Lipinski definition) is 5. The summed E-state index contributed by atoms with van der Waals surface area (Å²) in [6.07, 6.45) is 1.75. The molecule has 1 atom stereocenters. The van der Waals surface area contributed by atoms with Crippen LogP contribution in [-0.4, -0.2) is 15.0 Å². The van der Waals surface area contributed by atoms with Crippen molar-refractivity contribution in [3.63, 3.8) is 0 Å². The van der Waals surface area contributed by atoms with Gasteiger partial charge in [-0.2, -0.15) is 0 Å². The SMILES string of the molecule is c1ccc(-c2cccc(-c3nc(-c4ccc5oc6cc7ccccc7cc6c5c4C4CCc5cc6ccccc6cc5-c5ccc6ccccc6c54)nc(-c4cccc5c4sc4ccccc45)n3)c2)cc1. The van der Waals surface area contributed by atoms with E-state index in [-0.39, 0.29) is 5.92 Å². The molecule has 1 unspecified atom stereocenters. The van der Waals surface area contributed by atoms with Crippen molar-refractivity contribution in [1.82, 2.24) is 15.0 Å². The van der Waals surface area contributed by atoms with Gasteiger partial charge in [-0.05, 0) is 133 Å². The first-order valence-electron chi connectivity index (χ1n) is 24.4. The molecule has 1 aliphatic rings. The molecule has 0 N–H and O–H groups in total. The molecule has 0 aliphatic heterocycles. The molecular weight excluding hydrogens is 883 g/mol. The number of aryl methyl sites for hydroxylation is 1. The number of aromatic nitrogens is 3. The van der Waals surface area contributed by atoms with E-state index in [1.54, 1.807) is 11.3 Å². The zero-order valence-corrected chi connectivity index (χ0v) is 39.3. The second-order valence-corrected chi connectivity index (χ2v) is 20.0. The normalized spacial score (nSPS) is 13.7. The maximum atomic E-state index is 6.97. The first-order valence-corrected chi connectivity index (χ1v) is 25.2. The Balaban J connectivity index is 1.05. The van der Waals surface area contributed by atoms with Crippen LogP contribution in [0.25, 0.3) is 131 Å². The van der Waals surface area contributed by atoms with Crippen molar-refractivity contribution in [2.24, 2.45) is 0 Å². The zero-order chi connectivity index (χ0) is 46.6. The van der Waals surface area contributed by atoms with E-state index in [4.69, 9.17) is 19.4 Å². The summed E-state index contributed by atoms with van der Waals surface area (Å²) in [4.78, 5) is 16.7. The minimum atomic E-state index is -0.0753. The van der Waals surface area contributed by atoms with E-state index >= 15 is 0 Å². The van der Waals surface area contributed by atoms with Gasteiger partial charge in [0.1, 0.15) is 11.2 Å². The van der Waals surface area contributed by atoms with Gasteiger partial charge in [-0.1, -0.05) is 170 Å². The molecule has 0 amide bonds. The van der Waals surface area contributed by atoms with Crippen LogP contribution in [0.15, 0.2) is 223 Å². The predicted molar refractivity (Wildman–Crippen MR) is 296 cm³/mol. The molecule has 0 saturated carbocycles. The third kappa shape index (κ3) is 6.47. The Kier molecular flexibility index (Phi) is 8.99. The lowest BCUT2D eigenvalue weighted by molar-refractivity contribution is 0.668. The Labute approximate surface area is 413 Å². The summed E-state index contributed by atoms with van der Waals surface area (Å²) in [6.45, 7) is 0. The Morgan fingerprint density at radius 2 is 1.01 bits per heavy atom. The van der Waals surface area contributed by atoms with E-state index in [1.807, 2.05) is 0 Å². The fourth-order valence-corrected chi connectivity index (χ4v) is 12.9. The summed E-state index contributed by atoms with van der Waals surface area (Å²) < 4.78 is 9.37. The smallest absolute Gasteiger partial charge is 0.165 e. The maximum absolute atomic E-state index is 6.97. The molecule has 3 heterocycles. The summed E-state index contributed by atoms with van der Waals surface area (Å²) in [5.41, 5.74) is 13.3. The van der Waals surface area contributed by atoms with Crippen molar-refractivity contribution in [2.45, 2.75) is 18.8 Å². The van der Waals surface area contributed by atoms with Crippen molar-refractivity contribution in [3.8, 4) is 56.4 Å². The van der Waals surface area contributed by atoms with Crippen molar-refractivity contribution in [1.29, 1.82) is 0 Å². The number of hydrogen-bond donors (Lipinski definition) is 0. The fourth-order valence-electron chi connectivity index (χ4n) is 11.7. The Morgan fingerprint density at radius 3 is 1.86 bits per heavy atom. The van der Waals surface area contributed by atoms with Crippen LogP contribution in [0.2, 0.25) is 0 Å². The monoisotopic (exact) mass is 923 g/mol. The molecule has 15 rings (SSSR count). The van der Waals surface area contributed by atoms with Crippen LogP contribution < -0.4 is 0 Å². The van der Waals surface area contributed by atoms with Gasteiger partial charge in [-0.15, -0.1) is 11.3 Å². The third-order valence-corrected chi connectivity index (χ3v) is 16.1. The van der Waals surface area contributed by atoms with Crippen LogP contribution in [-0.2, 0) is 6.42 Å². The van der Waals surface area contributed by atoms with Gasteiger partial charge in [0, 0.05) is 53.6 Å². The van der Waals surface area contributed by atoms with E-state index in [1.165, 1.54) is 70.2 Å². The van der Waals surface area contributed by atoms with E-state index in [2.05, 4.69) is 218 Å². The topological polar surface area (TPSA) is 51.8 Å². The molecule has 0 bridgehead atoms. The quantitative estimate of drug-likeness (QED) is 0.173. The molecule has 0 radical (unpaired) electrons. The summed E-state index contributed by atoms with van der Waals surface area (Å²) in [7, 11) is 0. The molecule has 5 heteroatoms. The number of furan rings is 1. The van der Waals surface area contributed by atoms with Gasteiger partial charge in [0.05, 0.1) is 0 Å². The highest BCUT2D eigenvalue weighted by atomic mass is 32.1. The largest absolute Gasteiger partial charge is 0.456 e. The molecule has 4 nitrogen and oxygen atoms in total. The van der Waals surface area contributed by atoms with Crippen molar-refractivity contribution in [2.75, 3.05) is 0 Å². The van der Waals surface area contributed by atoms with Gasteiger partial charge in [0.25, 0.3) is 0 Å². The lowest BCUT2D eigenvalue weighted by Gasteiger charge is -2.24. The third-order valence-electron chi connectivity index (χ3n) is 14.9. The number of thiophene rings is 1. The minimum Gasteiger partial charge on any atom is -0.456 e. The molecule has 0 spiro atoms. The highest BCUT2D eigenvalue weighted by Gasteiger charge is 2.32. The first-order chi connectivity index (χ1) is 35.2. The molecule has 332 valence electrons. The van der Waals surface area contributed by atoms with Crippen LogP contribution in [0.4, 0.5) is 0 Å². The van der Waals surface area contributed by atoms with Crippen LogP contribution >= 0.6 is 11.3 Å². The first kappa shape index (κ1) is 40.1. The van der Waals surface area contributed by atoms with Gasteiger partial charge in [-0.3, -0.25) is 0 Å². The molecule has 14 aromatic rings. The van der Waals surface area contributed by atoms with Gasteiger partial charge < -0.3 is 4.42 Å². The highest BCUT2D eigenvalue weighted by molar-refractivity contribution is 7.26. The number of fused-ring (bicyclic) bond motifs is 13. The Morgan fingerprint density at radius 1 is 0.380 bits per heavy atom. The molecule has 71 heavy (non-hydrogen) atoms. The lowest BCUT2D eigenvalue weighted by atomic mass is 9.79. The summed E-state index contributed by atoms with van der Waals surface area (Å²) in [5.74, 6) is 1.83. The van der Waals surface area contributed by atoms with E-state index < -0.39 is 0 Å². The molecule has 3 aromatic heterocycles. The molecular formula is C66H41N3OS. The van der Waals surface area contributed by atoms with Gasteiger partial charge >= 0.3 is 0 Å². The molecule has 0 fully saturated rings.